The highest BCUT2D eigenvalue weighted by Gasteiger charge is 2.27. The van der Waals surface area contributed by atoms with Gasteiger partial charge in [-0.25, -0.2) is 18.4 Å². The fourth-order valence-electron chi connectivity index (χ4n) is 3.41. The van der Waals surface area contributed by atoms with Crippen LogP contribution in [0, 0.1) is 0 Å². The summed E-state index contributed by atoms with van der Waals surface area (Å²) < 4.78 is 28.4. The SMILES string of the molecule is CN1CCN(S(=O)(=O)c2ccc3nc(Nc4nc5ccccc5[nH]4)sc3c2)CC1. The first-order valence-electron chi connectivity index (χ1n) is 9.30. The molecule has 5 rings (SSSR count). The van der Waals surface area contributed by atoms with Crippen molar-refractivity contribution in [3.05, 3.63) is 42.5 Å². The van der Waals surface area contributed by atoms with E-state index in [1.54, 1.807) is 22.5 Å². The molecule has 0 aliphatic carbocycles. The summed E-state index contributed by atoms with van der Waals surface area (Å²) in [6, 6.07) is 12.9. The summed E-state index contributed by atoms with van der Waals surface area (Å²) in [6.45, 7) is 2.51. The predicted molar refractivity (Wildman–Crippen MR) is 115 cm³/mol. The molecule has 8 nitrogen and oxygen atoms in total. The van der Waals surface area contributed by atoms with Crippen molar-refractivity contribution < 1.29 is 8.42 Å². The number of hydrogen-bond donors (Lipinski definition) is 2. The lowest BCUT2D eigenvalue weighted by molar-refractivity contribution is 0.222. The van der Waals surface area contributed by atoms with Gasteiger partial charge in [-0.15, -0.1) is 0 Å². The zero-order valence-electron chi connectivity index (χ0n) is 15.8. The average Bonchev–Trinajstić information content (AvgIpc) is 3.30. The second kappa shape index (κ2) is 7.06. The molecule has 29 heavy (non-hydrogen) atoms. The van der Waals surface area contributed by atoms with Crippen molar-refractivity contribution in [3.8, 4) is 0 Å². The first kappa shape index (κ1) is 18.5. The van der Waals surface area contributed by atoms with Gasteiger partial charge in [0.25, 0.3) is 0 Å². The topological polar surface area (TPSA) is 94.2 Å². The highest BCUT2D eigenvalue weighted by molar-refractivity contribution is 7.89. The number of likely N-dealkylation sites (N-methyl/N-ethyl adjacent to an activating group) is 1. The highest BCUT2D eigenvalue weighted by Crippen LogP contribution is 2.31. The molecule has 2 aromatic heterocycles. The van der Waals surface area contributed by atoms with Crippen molar-refractivity contribution in [2.75, 3.05) is 38.5 Å². The molecule has 2 N–H and O–H groups in total. The monoisotopic (exact) mass is 428 g/mol. The Labute approximate surface area is 172 Å². The van der Waals surface area contributed by atoms with Gasteiger partial charge in [0, 0.05) is 26.2 Å². The van der Waals surface area contributed by atoms with Crippen molar-refractivity contribution in [1.82, 2.24) is 24.2 Å². The van der Waals surface area contributed by atoms with Gasteiger partial charge < -0.3 is 15.2 Å². The number of imidazole rings is 1. The minimum atomic E-state index is -3.50. The third-order valence-electron chi connectivity index (χ3n) is 5.07. The smallest absolute Gasteiger partial charge is 0.243 e. The summed E-state index contributed by atoms with van der Waals surface area (Å²) in [5.74, 6) is 0.607. The molecule has 0 radical (unpaired) electrons. The van der Waals surface area contributed by atoms with Crippen molar-refractivity contribution in [3.63, 3.8) is 0 Å². The summed E-state index contributed by atoms with van der Waals surface area (Å²) in [4.78, 5) is 14.7. The summed E-state index contributed by atoms with van der Waals surface area (Å²) in [5, 5.41) is 3.84. The molecule has 1 aliphatic heterocycles. The minimum Gasteiger partial charge on any atom is -0.324 e. The largest absolute Gasteiger partial charge is 0.324 e. The van der Waals surface area contributed by atoms with E-state index in [9.17, 15) is 8.42 Å². The quantitative estimate of drug-likeness (QED) is 0.519. The number of benzene rings is 2. The normalized spacial score (nSPS) is 16.6. The van der Waals surface area contributed by atoms with E-state index in [1.807, 2.05) is 31.3 Å². The Bertz CT molecular complexity index is 1260. The van der Waals surface area contributed by atoms with Gasteiger partial charge in [-0.2, -0.15) is 4.31 Å². The van der Waals surface area contributed by atoms with Crippen LogP contribution in [0.3, 0.4) is 0 Å². The summed E-state index contributed by atoms with van der Waals surface area (Å²) >= 11 is 1.41. The van der Waals surface area contributed by atoms with Gasteiger partial charge >= 0.3 is 0 Å². The molecule has 0 atom stereocenters. The molecule has 3 heterocycles. The molecule has 0 bridgehead atoms. The van der Waals surface area contributed by atoms with Gasteiger partial charge in [0.1, 0.15) is 0 Å². The van der Waals surface area contributed by atoms with Crippen LogP contribution in [0.25, 0.3) is 21.3 Å². The van der Waals surface area contributed by atoms with Crippen LogP contribution in [0.4, 0.5) is 11.1 Å². The second-order valence-electron chi connectivity index (χ2n) is 7.08. The van der Waals surface area contributed by atoms with Gasteiger partial charge in [-0.3, -0.25) is 0 Å². The molecule has 150 valence electrons. The molecule has 0 unspecified atom stereocenters. The van der Waals surface area contributed by atoms with E-state index in [4.69, 9.17) is 0 Å². The lowest BCUT2D eigenvalue weighted by Crippen LogP contribution is -2.46. The number of thiazole rings is 1. The number of fused-ring (bicyclic) bond motifs is 2. The minimum absolute atomic E-state index is 0.313. The van der Waals surface area contributed by atoms with Crippen molar-refractivity contribution >= 4 is 53.7 Å². The maximum Gasteiger partial charge on any atom is 0.243 e. The molecule has 1 fully saturated rings. The molecule has 2 aromatic carbocycles. The third kappa shape index (κ3) is 3.48. The Balaban J connectivity index is 1.42. The molecular formula is C19H20N6O2S2. The van der Waals surface area contributed by atoms with Crippen molar-refractivity contribution in [2.45, 2.75) is 4.90 Å². The molecule has 4 aromatic rings. The third-order valence-corrected chi connectivity index (χ3v) is 7.90. The van der Waals surface area contributed by atoms with Crippen molar-refractivity contribution in [2.24, 2.45) is 0 Å². The first-order chi connectivity index (χ1) is 14.0. The number of para-hydroxylation sites is 2. The number of nitrogens with one attached hydrogen (secondary N) is 2. The zero-order valence-corrected chi connectivity index (χ0v) is 17.4. The number of piperazine rings is 1. The number of aromatic amines is 1. The van der Waals surface area contributed by atoms with E-state index in [1.165, 1.54) is 11.3 Å². The van der Waals surface area contributed by atoms with Gasteiger partial charge in [0.2, 0.25) is 16.0 Å². The molecule has 1 saturated heterocycles. The fraction of sp³-hybridized carbons (Fsp3) is 0.263. The maximum atomic E-state index is 13.0. The zero-order chi connectivity index (χ0) is 20.0. The predicted octanol–water partition coefficient (Wildman–Crippen LogP) is 2.85. The van der Waals surface area contributed by atoms with Gasteiger partial charge in [-0.05, 0) is 37.4 Å². The van der Waals surface area contributed by atoms with Crippen molar-refractivity contribution in [1.29, 1.82) is 0 Å². The van der Waals surface area contributed by atoms with Crippen LogP contribution < -0.4 is 5.32 Å². The van der Waals surface area contributed by atoms with Crippen LogP contribution in [0.2, 0.25) is 0 Å². The Kier molecular flexibility index (Phi) is 4.50. The van der Waals surface area contributed by atoms with Gasteiger partial charge in [-0.1, -0.05) is 23.5 Å². The van der Waals surface area contributed by atoms with Gasteiger partial charge in [0.05, 0.1) is 26.1 Å². The van der Waals surface area contributed by atoms with E-state index in [0.29, 0.717) is 29.1 Å². The molecule has 0 spiro atoms. The molecule has 1 aliphatic rings. The molecule has 10 heteroatoms. The first-order valence-corrected chi connectivity index (χ1v) is 11.6. The Hall–Kier alpha value is -2.53. The lowest BCUT2D eigenvalue weighted by atomic mass is 10.3. The number of rotatable bonds is 4. The van der Waals surface area contributed by atoms with E-state index in [0.717, 1.165) is 34.3 Å². The molecular weight excluding hydrogens is 408 g/mol. The summed E-state index contributed by atoms with van der Waals surface area (Å²) in [6.07, 6.45) is 0. The van der Waals surface area contributed by atoms with Crippen LogP contribution in [-0.4, -0.2) is 65.8 Å². The Morgan fingerprint density at radius 2 is 1.83 bits per heavy atom. The number of H-pyrrole nitrogens is 1. The number of anilines is 2. The summed E-state index contributed by atoms with van der Waals surface area (Å²) in [7, 11) is -1.49. The van der Waals surface area contributed by atoms with E-state index >= 15 is 0 Å². The number of aromatic nitrogens is 3. The van der Waals surface area contributed by atoms with E-state index in [-0.39, 0.29) is 0 Å². The highest BCUT2D eigenvalue weighted by atomic mass is 32.2. The van der Waals surface area contributed by atoms with Gasteiger partial charge in [0.15, 0.2) is 5.13 Å². The molecule has 0 amide bonds. The Morgan fingerprint density at radius 3 is 2.62 bits per heavy atom. The number of sulfonamides is 1. The van der Waals surface area contributed by atoms with E-state index < -0.39 is 10.0 Å². The van der Waals surface area contributed by atoms with Crippen LogP contribution in [-0.2, 0) is 10.0 Å². The lowest BCUT2D eigenvalue weighted by Gasteiger charge is -2.31. The van der Waals surface area contributed by atoms with Crippen LogP contribution in [0.15, 0.2) is 47.4 Å². The van der Waals surface area contributed by atoms with Crippen LogP contribution in [0.5, 0.6) is 0 Å². The maximum absolute atomic E-state index is 13.0. The average molecular weight is 429 g/mol. The second-order valence-corrected chi connectivity index (χ2v) is 10.1. The van der Waals surface area contributed by atoms with E-state index in [2.05, 4.69) is 25.2 Å². The summed E-state index contributed by atoms with van der Waals surface area (Å²) in [5.41, 5.74) is 2.57. The molecule has 0 saturated carbocycles. The standard InChI is InChI=1S/C19H20N6O2S2/c1-24-8-10-25(11-9-24)29(26,27)13-6-7-16-17(12-13)28-19(22-16)23-18-20-14-4-2-3-5-15(14)21-18/h2-7,12H,8-11H2,1H3,(H2,20,21,22,23). The van der Waals surface area contributed by atoms with Crippen LogP contribution >= 0.6 is 11.3 Å². The number of nitrogens with zero attached hydrogens (tertiary/aromatic N) is 4. The Morgan fingerprint density at radius 1 is 1.03 bits per heavy atom. The fourth-order valence-corrected chi connectivity index (χ4v) is 5.84. The van der Waals surface area contributed by atoms with Crippen LogP contribution in [0.1, 0.15) is 0 Å². The number of hydrogen-bond acceptors (Lipinski definition) is 7.